The second-order valence-electron chi connectivity index (χ2n) is 4.17. The molecule has 2 aromatic rings. The molecule has 1 aliphatic heterocycles. The maximum absolute atomic E-state index is 4.55. The number of nitrogens with one attached hydrogen (secondary N) is 1. The number of benzene rings is 1. The summed E-state index contributed by atoms with van der Waals surface area (Å²) in [6.45, 7) is 3.20. The lowest BCUT2D eigenvalue weighted by molar-refractivity contribution is 0.385. The topological polar surface area (TPSA) is 24.9 Å². The molecule has 0 radical (unpaired) electrons. The summed E-state index contributed by atoms with van der Waals surface area (Å²) in [6, 6.07) is 11.1. The lowest BCUT2D eigenvalue weighted by atomic mass is 9.94. The van der Waals surface area contributed by atoms with E-state index in [0.29, 0.717) is 6.04 Å². The van der Waals surface area contributed by atoms with Crippen molar-refractivity contribution in [2.75, 3.05) is 6.54 Å². The number of aryl methyl sites for hydroxylation is 1. The Morgan fingerprint density at radius 2 is 2.13 bits per heavy atom. The summed E-state index contributed by atoms with van der Waals surface area (Å²) < 4.78 is 0. The van der Waals surface area contributed by atoms with Gasteiger partial charge >= 0.3 is 0 Å². The largest absolute Gasteiger partial charge is 0.310 e. The molecule has 1 aliphatic rings. The van der Waals surface area contributed by atoms with Crippen LogP contribution in [0.5, 0.6) is 0 Å². The fourth-order valence-electron chi connectivity index (χ4n) is 2.18. The van der Waals surface area contributed by atoms with E-state index in [0.717, 1.165) is 17.8 Å². The van der Waals surface area contributed by atoms with Crippen LogP contribution in [0.15, 0.2) is 30.3 Å². The van der Waals surface area contributed by atoms with Crippen LogP contribution in [0.2, 0.25) is 0 Å². The first-order chi connectivity index (χ1) is 7.34. The van der Waals surface area contributed by atoms with Crippen LogP contribution in [0.1, 0.15) is 23.7 Å². The number of pyridine rings is 1. The normalized spacial score (nSPS) is 20.2. The van der Waals surface area contributed by atoms with Crippen LogP contribution in [0.25, 0.3) is 10.9 Å². The highest BCUT2D eigenvalue weighted by Gasteiger charge is 2.20. The van der Waals surface area contributed by atoms with Crippen molar-refractivity contribution in [3.05, 3.63) is 41.6 Å². The van der Waals surface area contributed by atoms with Gasteiger partial charge < -0.3 is 5.32 Å². The zero-order valence-corrected chi connectivity index (χ0v) is 8.83. The molecule has 2 nitrogen and oxygen atoms in total. The van der Waals surface area contributed by atoms with E-state index in [1.165, 1.54) is 17.4 Å². The highest BCUT2D eigenvalue weighted by atomic mass is 15.0. The fraction of sp³-hybridized carbons (Fsp3) is 0.308. The van der Waals surface area contributed by atoms with E-state index in [1.54, 1.807) is 0 Å². The molecule has 0 aliphatic carbocycles. The molecule has 2 heteroatoms. The van der Waals surface area contributed by atoms with Crippen molar-refractivity contribution >= 4 is 10.9 Å². The molecule has 2 heterocycles. The van der Waals surface area contributed by atoms with Crippen molar-refractivity contribution in [2.45, 2.75) is 19.4 Å². The van der Waals surface area contributed by atoms with Gasteiger partial charge in [-0.05, 0) is 37.6 Å². The van der Waals surface area contributed by atoms with Crippen molar-refractivity contribution in [1.29, 1.82) is 0 Å². The van der Waals surface area contributed by atoms with E-state index >= 15 is 0 Å². The number of para-hydroxylation sites is 1. The summed E-state index contributed by atoms with van der Waals surface area (Å²) in [5, 5.41) is 4.75. The predicted octanol–water partition coefficient (Wildman–Crippen LogP) is 2.58. The molecular weight excluding hydrogens is 184 g/mol. The molecular formula is C13H14N2. The first-order valence-electron chi connectivity index (χ1n) is 5.44. The zero-order valence-electron chi connectivity index (χ0n) is 8.83. The molecule has 76 valence electrons. The smallest absolute Gasteiger partial charge is 0.0708 e. The van der Waals surface area contributed by atoms with Gasteiger partial charge in [0.1, 0.15) is 0 Å². The molecule has 1 unspecified atom stereocenters. The van der Waals surface area contributed by atoms with Gasteiger partial charge in [-0.1, -0.05) is 18.2 Å². The molecule has 1 aromatic heterocycles. The molecule has 1 N–H and O–H groups in total. The Morgan fingerprint density at radius 1 is 1.33 bits per heavy atom. The Kier molecular flexibility index (Phi) is 1.96. The van der Waals surface area contributed by atoms with E-state index < -0.39 is 0 Å². The number of aromatic nitrogens is 1. The second-order valence-corrected chi connectivity index (χ2v) is 4.17. The van der Waals surface area contributed by atoms with Crippen LogP contribution in [-0.4, -0.2) is 11.5 Å². The Bertz CT molecular complexity index is 501. The first kappa shape index (κ1) is 8.86. The molecule has 1 fully saturated rings. The van der Waals surface area contributed by atoms with Gasteiger partial charge in [0, 0.05) is 17.1 Å². The van der Waals surface area contributed by atoms with Crippen molar-refractivity contribution in [2.24, 2.45) is 0 Å². The molecule has 1 saturated heterocycles. The van der Waals surface area contributed by atoms with Crippen LogP contribution >= 0.6 is 0 Å². The van der Waals surface area contributed by atoms with E-state index in [1.807, 2.05) is 6.07 Å². The molecule has 1 aromatic carbocycles. The van der Waals surface area contributed by atoms with E-state index in [4.69, 9.17) is 0 Å². The second kappa shape index (κ2) is 3.31. The predicted molar refractivity (Wildman–Crippen MR) is 61.8 cm³/mol. The van der Waals surface area contributed by atoms with Gasteiger partial charge in [-0.3, -0.25) is 4.98 Å². The molecule has 0 spiro atoms. The summed E-state index contributed by atoms with van der Waals surface area (Å²) in [6.07, 6.45) is 1.24. The lowest BCUT2D eigenvalue weighted by Crippen LogP contribution is -2.35. The van der Waals surface area contributed by atoms with Crippen molar-refractivity contribution < 1.29 is 0 Å². The third-order valence-electron chi connectivity index (χ3n) is 3.08. The third-order valence-corrected chi connectivity index (χ3v) is 3.08. The Labute approximate surface area is 89.3 Å². The number of hydrogen-bond donors (Lipinski definition) is 1. The highest BCUT2D eigenvalue weighted by Crippen LogP contribution is 2.29. The monoisotopic (exact) mass is 198 g/mol. The Hall–Kier alpha value is -1.41. The minimum atomic E-state index is 0.539. The van der Waals surface area contributed by atoms with Crippen molar-refractivity contribution in [3.8, 4) is 0 Å². The summed E-state index contributed by atoms with van der Waals surface area (Å²) in [5.74, 6) is 0. The minimum absolute atomic E-state index is 0.539. The maximum atomic E-state index is 4.55. The van der Waals surface area contributed by atoms with Gasteiger partial charge in [0.15, 0.2) is 0 Å². The van der Waals surface area contributed by atoms with Gasteiger partial charge in [0.2, 0.25) is 0 Å². The number of rotatable bonds is 1. The number of fused-ring (bicyclic) bond motifs is 1. The zero-order chi connectivity index (χ0) is 10.3. The summed E-state index contributed by atoms with van der Waals surface area (Å²) in [4.78, 5) is 4.55. The van der Waals surface area contributed by atoms with E-state index in [9.17, 15) is 0 Å². The Balaban J connectivity index is 2.25. The van der Waals surface area contributed by atoms with Crippen LogP contribution in [-0.2, 0) is 0 Å². The van der Waals surface area contributed by atoms with Crippen LogP contribution < -0.4 is 5.32 Å². The number of hydrogen-bond acceptors (Lipinski definition) is 2. The summed E-state index contributed by atoms with van der Waals surface area (Å²) in [5.41, 5.74) is 3.63. The van der Waals surface area contributed by atoms with Crippen LogP contribution in [0.4, 0.5) is 0 Å². The van der Waals surface area contributed by atoms with Gasteiger partial charge in [0.05, 0.1) is 5.52 Å². The maximum Gasteiger partial charge on any atom is 0.0708 e. The Morgan fingerprint density at radius 3 is 2.87 bits per heavy atom. The molecule has 15 heavy (non-hydrogen) atoms. The van der Waals surface area contributed by atoms with Gasteiger partial charge in [-0.25, -0.2) is 0 Å². The molecule has 1 atom stereocenters. The third kappa shape index (κ3) is 1.41. The summed E-state index contributed by atoms with van der Waals surface area (Å²) in [7, 11) is 0. The van der Waals surface area contributed by atoms with Crippen molar-refractivity contribution in [1.82, 2.24) is 10.3 Å². The molecule has 0 bridgehead atoms. The van der Waals surface area contributed by atoms with Crippen molar-refractivity contribution in [3.63, 3.8) is 0 Å². The average Bonchev–Trinajstić information content (AvgIpc) is 2.14. The van der Waals surface area contributed by atoms with E-state index in [-0.39, 0.29) is 0 Å². The van der Waals surface area contributed by atoms with Gasteiger partial charge in [-0.15, -0.1) is 0 Å². The first-order valence-corrected chi connectivity index (χ1v) is 5.44. The van der Waals surface area contributed by atoms with Gasteiger partial charge in [0.25, 0.3) is 0 Å². The fourth-order valence-corrected chi connectivity index (χ4v) is 2.18. The molecule has 3 rings (SSSR count). The average molecular weight is 198 g/mol. The lowest BCUT2D eigenvalue weighted by Gasteiger charge is -2.29. The minimum Gasteiger partial charge on any atom is -0.310 e. The SMILES string of the molecule is Cc1cc(C2CCN2)c2ccccc2n1. The van der Waals surface area contributed by atoms with E-state index in [2.05, 4.69) is 41.5 Å². The molecule has 0 saturated carbocycles. The standard InChI is InChI=1S/C13H14N2/c1-9-8-11(12-6-7-14-12)10-4-2-3-5-13(10)15-9/h2-5,8,12,14H,6-7H2,1H3. The van der Waals surface area contributed by atoms with Gasteiger partial charge in [-0.2, -0.15) is 0 Å². The quantitative estimate of drug-likeness (QED) is 0.761. The number of nitrogens with zero attached hydrogens (tertiary/aromatic N) is 1. The summed E-state index contributed by atoms with van der Waals surface area (Å²) >= 11 is 0. The van der Waals surface area contributed by atoms with Crippen LogP contribution in [0, 0.1) is 6.92 Å². The van der Waals surface area contributed by atoms with Crippen LogP contribution in [0.3, 0.4) is 0 Å². The molecule has 0 amide bonds. The highest BCUT2D eigenvalue weighted by molar-refractivity contribution is 5.82.